The molecular weight excluding hydrogens is 597 g/mol. The quantitative estimate of drug-likeness (QED) is 0.384. The lowest BCUT2D eigenvalue weighted by Crippen LogP contribution is -2.43. The number of hydrogen-bond acceptors (Lipinski definition) is 6. The molecule has 2 fully saturated rings. The molecule has 1 N–H and O–H groups in total. The van der Waals surface area contributed by atoms with Gasteiger partial charge in [-0.25, -0.2) is 9.50 Å². The number of aromatic nitrogens is 3. The van der Waals surface area contributed by atoms with Crippen LogP contribution in [0.15, 0.2) is 48.7 Å². The van der Waals surface area contributed by atoms with E-state index in [1.165, 1.54) is 17.7 Å². The van der Waals surface area contributed by atoms with Gasteiger partial charge in [0.15, 0.2) is 11.5 Å². The Morgan fingerprint density at radius 3 is 2.43 bits per heavy atom. The highest BCUT2D eigenvalue weighted by atomic mass is 19.4. The van der Waals surface area contributed by atoms with E-state index in [1.54, 1.807) is 4.52 Å². The minimum atomic E-state index is -4.35. The first-order chi connectivity index (χ1) is 22.1. The molecule has 0 radical (unpaired) electrons. The Balaban J connectivity index is 1.07. The number of hydrogen-bond donors (Lipinski definition) is 1. The second-order valence-electron chi connectivity index (χ2n) is 12.9. The molecule has 1 unspecified atom stereocenters. The Morgan fingerprint density at radius 2 is 1.72 bits per heavy atom. The minimum Gasteiger partial charge on any atom is -0.388 e. The summed E-state index contributed by atoms with van der Waals surface area (Å²) >= 11 is 0. The van der Waals surface area contributed by atoms with Crippen LogP contribution in [0.3, 0.4) is 0 Å². The van der Waals surface area contributed by atoms with E-state index in [9.17, 15) is 27.9 Å². The number of benzene rings is 1. The van der Waals surface area contributed by atoms with Gasteiger partial charge in [0.05, 0.1) is 12.0 Å². The highest BCUT2D eigenvalue weighted by Crippen LogP contribution is 2.28. The van der Waals surface area contributed by atoms with Crippen molar-refractivity contribution in [1.29, 1.82) is 0 Å². The first-order valence-corrected chi connectivity index (χ1v) is 16.3. The van der Waals surface area contributed by atoms with Crippen molar-refractivity contribution in [2.24, 2.45) is 0 Å². The zero-order chi connectivity index (χ0) is 32.3. The molecule has 9 nitrogen and oxygen atoms in total. The number of amides is 2. The molecule has 12 heteroatoms. The molecule has 5 heterocycles. The van der Waals surface area contributed by atoms with E-state index in [-0.39, 0.29) is 12.5 Å². The first-order valence-electron chi connectivity index (χ1n) is 16.3. The van der Waals surface area contributed by atoms with Gasteiger partial charge in [0.2, 0.25) is 5.91 Å². The molecule has 6 rings (SSSR count). The Kier molecular flexibility index (Phi) is 9.47. The lowest BCUT2D eigenvalue weighted by molar-refractivity contribution is -0.148. The van der Waals surface area contributed by atoms with Crippen molar-refractivity contribution in [2.45, 2.75) is 69.6 Å². The van der Waals surface area contributed by atoms with E-state index in [0.29, 0.717) is 68.9 Å². The number of alkyl halides is 3. The third-order valence-corrected chi connectivity index (χ3v) is 9.42. The number of carbonyl (C=O) groups is 2. The van der Waals surface area contributed by atoms with Gasteiger partial charge in [-0.3, -0.25) is 9.59 Å². The smallest absolute Gasteiger partial charge is 0.388 e. The first kappa shape index (κ1) is 32.2. The molecule has 1 aromatic carbocycles. The summed E-state index contributed by atoms with van der Waals surface area (Å²) in [6.45, 7) is 4.57. The summed E-state index contributed by atoms with van der Waals surface area (Å²) in [6.07, 6.45) is 3.16. The normalized spacial score (nSPS) is 21.4. The molecule has 0 bridgehead atoms. The largest absolute Gasteiger partial charge is 0.389 e. The average molecular weight is 639 g/mol. The lowest BCUT2D eigenvalue weighted by Gasteiger charge is -2.31. The lowest BCUT2D eigenvalue weighted by atomic mass is 9.94. The van der Waals surface area contributed by atoms with Gasteiger partial charge in [0.25, 0.3) is 5.91 Å². The predicted molar refractivity (Wildman–Crippen MR) is 167 cm³/mol. The van der Waals surface area contributed by atoms with Gasteiger partial charge in [-0.1, -0.05) is 18.2 Å². The van der Waals surface area contributed by atoms with Crippen LogP contribution in [0.2, 0.25) is 0 Å². The molecule has 3 aliphatic rings. The summed E-state index contributed by atoms with van der Waals surface area (Å²) in [5.74, 6) is 0.111. The molecule has 1 atom stereocenters. The van der Waals surface area contributed by atoms with E-state index >= 15 is 0 Å². The second-order valence-corrected chi connectivity index (χ2v) is 12.9. The Hall–Kier alpha value is -3.77. The summed E-state index contributed by atoms with van der Waals surface area (Å²) in [7, 11) is 0. The standard InChI is InChI=1S/C34H41F3N6O3/c35-34(36,37)14-10-30(44)41-20-11-26(12-21-41)28-5-3-19-43-31(28)38-29(39-43)23-25-6-8-27(9-7-25)32(45)42-18-4-13-33(46,15-22-42)24-40-16-1-2-17-40/h3,5-9,11,19,46H,1-2,4,10,12-18,20-24H2. The van der Waals surface area contributed by atoms with Gasteiger partial charge in [-0.2, -0.15) is 18.3 Å². The zero-order valence-electron chi connectivity index (χ0n) is 26.0. The van der Waals surface area contributed by atoms with Crippen molar-refractivity contribution in [3.05, 3.63) is 71.2 Å². The van der Waals surface area contributed by atoms with E-state index < -0.39 is 30.5 Å². The van der Waals surface area contributed by atoms with Gasteiger partial charge in [-0.05, 0) is 87.0 Å². The molecule has 46 heavy (non-hydrogen) atoms. The summed E-state index contributed by atoms with van der Waals surface area (Å²) in [4.78, 5) is 36.0. The monoisotopic (exact) mass is 638 g/mol. The molecule has 0 saturated carbocycles. The molecular formula is C34H41F3N6O3. The number of aliphatic hydroxyl groups is 1. The highest BCUT2D eigenvalue weighted by molar-refractivity contribution is 5.94. The number of nitrogens with zero attached hydrogens (tertiary/aromatic N) is 6. The van der Waals surface area contributed by atoms with Crippen LogP contribution < -0.4 is 0 Å². The number of halogens is 3. The van der Waals surface area contributed by atoms with Crippen molar-refractivity contribution in [1.82, 2.24) is 29.3 Å². The molecule has 2 saturated heterocycles. The van der Waals surface area contributed by atoms with E-state index in [4.69, 9.17) is 4.98 Å². The van der Waals surface area contributed by atoms with Crippen LogP contribution in [0.25, 0.3) is 11.2 Å². The highest BCUT2D eigenvalue weighted by Gasteiger charge is 2.34. The Bertz CT molecular complexity index is 1580. The maximum absolute atomic E-state index is 13.3. The van der Waals surface area contributed by atoms with Gasteiger partial charge in [0.1, 0.15) is 0 Å². The van der Waals surface area contributed by atoms with Crippen LogP contribution in [0.1, 0.15) is 78.7 Å². The second kappa shape index (κ2) is 13.5. The van der Waals surface area contributed by atoms with Gasteiger partial charge in [-0.15, -0.1) is 0 Å². The number of pyridine rings is 1. The third kappa shape index (κ3) is 7.78. The third-order valence-electron chi connectivity index (χ3n) is 9.42. The van der Waals surface area contributed by atoms with Crippen LogP contribution in [0.5, 0.6) is 0 Å². The van der Waals surface area contributed by atoms with E-state index in [1.807, 2.05) is 53.6 Å². The summed E-state index contributed by atoms with van der Waals surface area (Å²) in [6, 6.07) is 11.4. The number of likely N-dealkylation sites (tertiary alicyclic amines) is 2. The van der Waals surface area contributed by atoms with Crippen LogP contribution >= 0.6 is 0 Å². The SMILES string of the molecule is O=C(CCC(F)(F)F)N1CC=C(c2cccn3nc(Cc4ccc(C(=O)N5CCCC(O)(CN6CCCC6)CC5)cc4)nc23)CC1. The maximum Gasteiger partial charge on any atom is 0.389 e. The Morgan fingerprint density at radius 1 is 0.935 bits per heavy atom. The minimum absolute atomic E-state index is 0.0196. The van der Waals surface area contributed by atoms with Crippen LogP contribution in [0.4, 0.5) is 13.2 Å². The molecule has 2 aromatic heterocycles. The predicted octanol–water partition coefficient (Wildman–Crippen LogP) is 4.73. The fourth-order valence-corrected chi connectivity index (χ4v) is 6.85. The van der Waals surface area contributed by atoms with Crippen LogP contribution in [-0.4, -0.2) is 104 Å². The molecule has 2 amide bonds. The summed E-state index contributed by atoms with van der Waals surface area (Å²) in [5, 5.41) is 15.9. The molecule has 3 aliphatic heterocycles. The molecule has 3 aromatic rings. The van der Waals surface area contributed by atoms with Crippen molar-refractivity contribution in [3.8, 4) is 0 Å². The number of rotatable bonds is 8. The van der Waals surface area contributed by atoms with Gasteiger partial charge in [0, 0.05) is 62.9 Å². The number of carbonyl (C=O) groups excluding carboxylic acids is 2. The zero-order valence-corrected chi connectivity index (χ0v) is 26.0. The summed E-state index contributed by atoms with van der Waals surface area (Å²) < 4.78 is 39.3. The maximum atomic E-state index is 13.3. The number of β-amino-alcohol motifs (C(OH)–C–C–N with tert-alkyl or cyclic N) is 1. The van der Waals surface area contributed by atoms with Crippen LogP contribution in [-0.2, 0) is 11.2 Å². The van der Waals surface area contributed by atoms with Crippen molar-refractivity contribution in [2.75, 3.05) is 45.8 Å². The molecule has 246 valence electrons. The van der Waals surface area contributed by atoms with E-state index in [2.05, 4.69) is 10.00 Å². The molecule has 0 spiro atoms. The van der Waals surface area contributed by atoms with Crippen molar-refractivity contribution >= 4 is 23.0 Å². The van der Waals surface area contributed by atoms with Gasteiger partial charge >= 0.3 is 6.18 Å². The number of fused-ring (bicyclic) bond motifs is 1. The topological polar surface area (TPSA) is 94.3 Å². The Labute approximate surface area is 266 Å². The summed E-state index contributed by atoms with van der Waals surface area (Å²) in [5.41, 5.74) is 3.39. The van der Waals surface area contributed by atoms with Crippen LogP contribution in [0, 0.1) is 0 Å². The molecule has 0 aliphatic carbocycles. The van der Waals surface area contributed by atoms with Crippen molar-refractivity contribution < 1.29 is 27.9 Å². The van der Waals surface area contributed by atoms with Gasteiger partial charge < -0.3 is 19.8 Å². The average Bonchev–Trinajstić information content (AvgIpc) is 3.66. The van der Waals surface area contributed by atoms with E-state index in [0.717, 1.165) is 36.2 Å². The fraction of sp³-hybridized carbons (Fsp3) is 0.529. The fourth-order valence-electron chi connectivity index (χ4n) is 6.85. The van der Waals surface area contributed by atoms with Crippen molar-refractivity contribution in [3.63, 3.8) is 0 Å².